The van der Waals surface area contributed by atoms with Crippen molar-refractivity contribution in [2.75, 3.05) is 0 Å². The van der Waals surface area contributed by atoms with Crippen LogP contribution in [-0.2, 0) is 0 Å². The van der Waals surface area contributed by atoms with Crippen LogP contribution in [0, 0.1) is 0 Å². The van der Waals surface area contributed by atoms with Crippen molar-refractivity contribution < 1.29 is 17.9 Å². The van der Waals surface area contributed by atoms with Crippen LogP contribution in [0.1, 0.15) is 0 Å². The van der Waals surface area contributed by atoms with Gasteiger partial charge < -0.3 is 4.74 Å². The lowest BCUT2D eigenvalue weighted by atomic mass is 10.1. The molecular weight excluding hydrogens is 309 g/mol. The van der Waals surface area contributed by atoms with Crippen molar-refractivity contribution >= 4 is 15.9 Å². The van der Waals surface area contributed by atoms with Crippen LogP contribution in [-0.4, -0.2) is 6.36 Å². The van der Waals surface area contributed by atoms with Gasteiger partial charge in [-0.2, -0.15) is 0 Å². The van der Waals surface area contributed by atoms with Crippen molar-refractivity contribution in [2.45, 2.75) is 6.36 Å². The third-order valence-corrected chi connectivity index (χ3v) is 2.77. The third kappa shape index (κ3) is 3.50. The number of alkyl halides is 3. The average molecular weight is 317 g/mol. The van der Waals surface area contributed by atoms with Crippen LogP contribution in [0.2, 0.25) is 0 Å². The largest absolute Gasteiger partial charge is 0.573 e. The molecule has 2 rings (SSSR count). The molecule has 1 nitrogen and oxygen atoms in total. The van der Waals surface area contributed by atoms with E-state index in [4.69, 9.17) is 0 Å². The van der Waals surface area contributed by atoms with Gasteiger partial charge in [0.2, 0.25) is 0 Å². The fraction of sp³-hybridized carbons (Fsp3) is 0.0769. The van der Waals surface area contributed by atoms with Crippen molar-refractivity contribution in [2.24, 2.45) is 0 Å². The van der Waals surface area contributed by atoms with Crippen LogP contribution in [0.4, 0.5) is 13.2 Å². The van der Waals surface area contributed by atoms with E-state index in [0.29, 0.717) is 5.56 Å². The van der Waals surface area contributed by atoms with E-state index in [9.17, 15) is 13.2 Å². The Balaban J connectivity index is 2.29. The zero-order valence-corrected chi connectivity index (χ0v) is 10.6. The van der Waals surface area contributed by atoms with Gasteiger partial charge in [0, 0.05) is 4.47 Å². The van der Waals surface area contributed by atoms with Crippen molar-refractivity contribution in [1.82, 2.24) is 0 Å². The highest BCUT2D eigenvalue weighted by Crippen LogP contribution is 2.28. The quantitative estimate of drug-likeness (QED) is 0.756. The fourth-order valence-corrected chi connectivity index (χ4v) is 1.78. The smallest absolute Gasteiger partial charge is 0.406 e. The molecule has 2 aromatic rings. The minimum atomic E-state index is -4.67. The fourth-order valence-electron chi connectivity index (χ4n) is 1.52. The highest BCUT2D eigenvalue weighted by Gasteiger charge is 2.31. The van der Waals surface area contributed by atoms with E-state index in [0.717, 1.165) is 10.0 Å². The summed E-state index contributed by atoms with van der Waals surface area (Å²) < 4.78 is 41.1. The minimum Gasteiger partial charge on any atom is -0.406 e. The lowest BCUT2D eigenvalue weighted by molar-refractivity contribution is -0.274. The van der Waals surface area contributed by atoms with Gasteiger partial charge in [-0.25, -0.2) is 0 Å². The normalized spacial score (nSPS) is 11.3. The van der Waals surface area contributed by atoms with Gasteiger partial charge in [-0.1, -0.05) is 40.2 Å². The summed E-state index contributed by atoms with van der Waals surface area (Å²) in [5.74, 6) is -0.220. The summed E-state index contributed by atoms with van der Waals surface area (Å²) in [4.78, 5) is 0. The minimum absolute atomic E-state index is 0.220. The van der Waals surface area contributed by atoms with Gasteiger partial charge in [0.25, 0.3) is 0 Å². The predicted molar refractivity (Wildman–Crippen MR) is 66.3 cm³/mol. The highest BCUT2D eigenvalue weighted by atomic mass is 79.9. The molecule has 0 heterocycles. The van der Waals surface area contributed by atoms with E-state index < -0.39 is 6.36 Å². The molecule has 0 unspecified atom stereocenters. The number of benzene rings is 2. The second kappa shape index (κ2) is 5.02. The average Bonchev–Trinajstić information content (AvgIpc) is 2.28. The molecule has 0 aliphatic heterocycles. The summed E-state index contributed by atoms with van der Waals surface area (Å²) in [5, 5.41) is 0. The second-order valence-corrected chi connectivity index (χ2v) is 4.50. The van der Waals surface area contributed by atoms with Crippen LogP contribution < -0.4 is 4.74 Å². The molecule has 0 saturated heterocycles. The first-order chi connectivity index (χ1) is 8.44. The standard InChI is InChI=1S/C13H8BrF3O/c14-11-6-4-9(5-7-11)10-2-1-3-12(8-10)18-13(15,16)17/h1-8H. The third-order valence-electron chi connectivity index (χ3n) is 2.25. The van der Waals surface area contributed by atoms with Crippen LogP contribution in [0.15, 0.2) is 53.0 Å². The SMILES string of the molecule is FC(F)(F)Oc1cccc(-c2ccc(Br)cc2)c1. The molecule has 94 valence electrons. The lowest BCUT2D eigenvalue weighted by Crippen LogP contribution is -2.17. The maximum atomic E-state index is 12.1. The number of ether oxygens (including phenoxy) is 1. The van der Waals surface area contributed by atoms with E-state index in [1.165, 1.54) is 18.2 Å². The maximum Gasteiger partial charge on any atom is 0.573 e. The molecule has 0 aliphatic carbocycles. The van der Waals surface area contributed by atoms with Crippen LogP contribution in [0.25, 0.3) is 11.1 Å². The first-order valence-corrected chi connectivity index (χ1v) is 5.85. The maximum absolute atomic E-state index is 12.1. The monoisotopic (exact) mass is 316 g/mol. The van der Waals surface area contributed by atoms with Crippen molar-refractivity contribution in [3.63, 3.8) is 0 Å². The molecule has 0 fully saturated rings. The highest BCUT2D eigenvalue weighted by molar-refractivity contribution is 9.10. The van der Waals surface area contributed by atoms with Crippen LogP contribution >= 0.6 is 15.9 Å². The van der Waals surface area contributed by atoms with Gasteiger partial charge in [-0.05, 0) is 35.4 Å². The Morgan fingerprint density at radius 3 is 2.17 bits per heavy atom. The Bertz CT molecular complexity index is 535. The van der Waals surface area contributed by atoms with Crippen molar-refractivity contribution in [1.29, 1.82) is 0 Å². The molecule has 0 amide bonds. The topological polar surface area (TPSA) is 9.23 Å². The number of rotatable bonds is 2. The summed E-state index contributed by atoms with van der Waals surface area (Å²) in [6.07, 6.45) is -4.67. The zero-order chi connectivity index (χ0) is 13.2. The summed E-state index contributed by atoms with van der Waals surface area (Å²) in [6.45, 7) is 0. The predicted octanol–water partition coefficient (Wildman–Crippen LogP) is 5.01. The molecule has 0 bridgehead atoms. The first-order valence-electron chi connectivity index (χ1n) is 5.06. The van der Waals surface area contributed by atoms with E-state index in [1.54, 1.807) is 6.07 Å². The Morgan fingerprint density at radius 2 is 1.56 bits per heavy atom. The molecular formula is C13H8BrF3O. The van der Waals surface area contributed by atoms with Gasteiger partial charge in [0.05, 0.1) is 0 Å². The van der Waals surface area contributed by atoms with E-state index in [-0.39, 0.29) is 5.75 Å². The second-order valence-electron chi connectivity index (χ2n) is 3.58. The number of halogens is 4. The van der Waals surface area contributed by atoms with Crippen LogP contribution in [0.5, 0.6) is 5.75 Å². The molecule has 2 aromatic carbocycles. The summed E-state index contributed by atoms with van der Waals surface area (Å²) in [7, 11) is 0. The molecule has 5 heteroatoms. The van der Waals surface area contributed by atoms with E-state index >= 15 is 0 Å². The molecule has 0 N–H and O–H groups in total. The number of hydrogen-bond acceptors (Lipinski definition) is 1. The molecule has 0 aliphatic rings. The van der Waals surface area contributed by atoms with Crippen molar-refractivity contribution in [3.05, 3.63) is 53.0 Å². The lowest BCUT2D eigenvalue weighted by Gasteiger charge is -2.10. The van der Waals surface area contributed by atoms with Gasteiger partial charge >= 0.3 is 6.36 Å². The Hall–Kier alpha value is -1.49. The van der Waals surface area contributed by atoms with Gasteiger partial charge in [-0.3, -0.25) is 0 Å². The Morgan fingerprint density at radius 1 is 0.889 bits per heavy atom. The zero-order valence-electron chi connectivity index (χ0n) is 9.04. The molecule has 0 aromatic heterocycles. The van der Waals surface area contributed by atoms with E-state index in [2.05, 4.69) is 20.7 Å². The summed E-state index contributed by atoms with van der Waals surface area (Å²) >= 11 is 3.30. The molecule has 0 radical (unpaired) electrons. The van der Waals surface area contributed by atoms with Crippen molar-refractivity contribution in [3.8, 4) is 16.9 Å². The molecule has 0 saturated carbocycles. The van der Waals surface area contributed by atoms with Gasteiger partial charge in [0.1, 0.15) is 5.75 Å². The summed E-state index contributed by atoms with van der Waals surface area (Å²) in [5.41, 5.74) is 1.50. The van der Waals surface area contributed by atoms with Gasteiger partial charge in [-0.15, -0.1) is 13.2 Å². The molecule has 0 atom stereocenters. The Kier molecular flexibility index (Phi) is 3.61. The Labute approximate surface area is 110 Å². The van der Waals surface area contributed by atoms with E-state index in [1.807, 2.05) is 24.3 Å². The number of hydrogen-bond donors (Lipinski definition) is 0. The molecule has 18 heavy (non-hydrogen) atoms. The first kappa shape index (κ1) is 13.0. The van der Waals surface area contributed by atoms with Crippen LogP contribution in [0.3, 0.4) is 0 Å². The van der Waals surface area contributed by atoms with Gasteiger partial charge in [0.15, 0.2) is 0 Å². The molecule has 0 spiro atoms. The summed E-state index contributed by atoms with van der Waals surface area (Å²) in [6, 6.07) is 13.2.